The molecule has 198 valence electrons. The molecule has 0 bridgehead atoms. The number of anilines is 1. The number of hydrogen-bond acceptors (Lipinski definition) is 6. The standard InChI is InChI=1S/C29H37N3O4S/c1-20(2)17-25-18-24(12-15-27(25)29(34)32-37(3,35)36)22-8-6-21(7-9-22)5-4-16-31-19-28(33)23-10-13-26(30)14-11-23/h6-15,18,20,28,31,33H,4-5,16-17,19,30H2,1-3H3,(H,32,34)/t28-/m0/s1. The minimum Gasteiger partial charge on any atom is -0.399 e. The molecular weight excluding hydrogens is 486 g/mol. The van der Waals surface area contributed by atoms with Crippen LogP contribution in [0.5, 0.6) is 0 Å². The number of nitrogens with two attached hydrogens (primary N) is 1. The van der Waals surface area contributed by atoms with Crippen molar-refractivity contribution in [1.82, 2.24) is 10.0 Å². The third-order valence-corrected chi connectivity index (χ3v) is 6.58. The van der Waals surface area contributed by atoms with E-state index >= 15 is 0 Å². The Bertz CT molecular complexity index is 1290. The van der Waals surface area contributed by atoms with Gasteiger partial charge in [0.15, 0.2) is 0 Å². The van der Waals surface area contributed by atoms with Gasteiger partial charge in [0, 0.05) is 17.8 Å². The lowest BCUT2D eigenvalue weighted by atomic mass is 9.93. The number of aliphatic hydroxyl groups is 1. The molecule has 0 aliphatic heterocycles. The quantitative estimate of drug-likeness (QED) is 0.210. The second kappa shape index (κ2) is 12.9. The van der Waals surface area contributed by atoms with Crippen molar-refractivity contribution in [3.05, 3.63) is 89.0 Å². The summed E-state index contributed by atoms with van der Waals surface area (Å²) in [7, 11) is -3.63. The van der Waals surface area contributed by atoms with Gasteiger partial charge in [-0.2, -0.15) is 0 Å². The van der Waals surface area contributed by atoms with Crippen molar-refractivity contribution in [3.8, 4) is 11.1 Å². The van der Waals surface area contributed by atoms with Crippen LogP contribution in [0.4, 0.5) is 5.69 Å². The first-order valence-electron chi connectivity index (χ1n) is 12.5. The van der Waals surface area contributed by atoms with Crippen molar-refractivity contribution in [2.75, 3.05) is 25.1 Å². The van der Waals surface area contributed by atoms with Crippen LogP contribution in [0, 0.1) is 5.92 Å². The molecule has 7 nitrogen and oxygen atoms in total. The highest BCUT2D eigenvalue weighted by Gasteiger charge is 2.17. The van der Waals surface area contributed by atoms with E-state index < -0.39 is 22.0 Å². The van der Waals surface area contributed by atoms with Crippen LogP contribution in [0.1, 0.15) is 53.4 Å². The molecule has 0 radical (unpaired) electrons. The molecule has 3 aromatic carbocycles. The zero-order valence-electron chi connectivity index (χ0n) is 21.7. The van der Waals surface area contributed by atoms with E-state index in [1.54, 1.807) is 18.2 Å². The van der Waals surface area contributed by atoms with Crippen molar-refractivity contribution >= 4 is 21.6 Å². The first-order chi connectivity index (χ1) is 17.5. The topological polar surface area (TPSA) is 122 Å². The molecule has 0 heterocycles. The number of carbonyl (C=O) groups is 1. The summed E-state index contributed by atoms with van der Waals surface area (Å²) in [6.45, 7) is 5.41. The smallest absolute Gasteiger partial charge is 0.264 e. The van der Waals surface area contributed by atoms with Gasteiger partial charge in [0.1, 0.15) is 0 Å². The maximum Gasteiger partial charge on any atom is 0.264 e. The molecule has 3 rings (SSSR count). The highest BCUT2D eigenvalue weighted by Crippen LogP contribution is 2.25. The minimum absolute atomic E-state index is 0.309. The number of nitrogen functional groups attached to an aromatic ring is 1. The number of hydrogen-bond donors (Lipinski definition) is 4. The highest BCUT2D eigenvalue weighted by atomic mass is 32.2. The van der Waals surface area contributed by atoms with Crippen molar-refractivity contribution < 1.29 is 18.3 Å². The van der Waals surface area contributed by atoms with Gasteiger partial charge in [-0.15, -0.1) is 0 Å². The predicted octanol–water partition coefficient (Wildman–Crippen LogP) is 4.08. The van der Waals surface area contributed by atoms with Gasteiger partial charge in [-0.05, 0) is 77.7 Å². The highest BCUT2D eigenvalue weighted by molar-refractivity contribution is 7.89. The molecule has 1 atom stereocenters. The maximum atomic E-state index is 12.5. The molecule has 0 aliphatic rings. The van der Waals surface area contributed by atoms with Crippen molar-refractivity contribution in [1.29, 1.82) is 0 Å². The molecule has 0 saturated carbocycles. The summed E-state index contributed by atoms with van der Waals surface area (Å²) in [5.74, 6) is -0.293. The molecule has 8 heteroatoms. The summed E-state index contributed by atoms with van der Waals surface area (Å²) < 4.78 is 25.1. The molecule has 0 aliphatic carbocycles. The average Bonchev–Trinajstić information content (AvgIpc) is 2.83. The Hall–Kier alpha value is -3.20. The van der Waals surface area contributed by atoms with Crippen molar-refractivity contribution in [2.24, 2.45) is 5.92 Å². The normalized spacial score (nSPS) is 12.5. The number of sulfonamides is 1. The summed E-state index contributed by atoms with van der Waals surface area (Å²) in [6.07, 6.45) is 2.93. The first kappa shape index (κ1) is 28.4. The average molecular weight is 524 g/mol. The van der Waals surface area contributed by atoms with E-state index in [0.717, 1.165) is 47.9 Å². The second-order valence-corrected chi connectivity index (χ2v) is 11.6. The molecule has 0 saturated heterocycles. The van der Waals surface area contributed by atoms with Crippen LogP contribution in [-0.4, -0.2) is 38.8 Å². The van der Waals surface area contributed by atoms with E-state index in [2.05, 4.69) is 48.2 Å². The fraction of sp³-hybridized carbons (Fsp3) is 0.345. The van der Waals surface area contributed by atoms with Crippen LogP contribution >= 0.6 is 0 Å². The Morgan fingerprint density at radius 2 is 1.62 bits per heavy atom. The fourth-order valence-electron chi connectivity index (χ4n) is 4.18. The number of aryl methyl sites for hydroxylation is 1. The Morgan fingerprint density at radius 3 is 2.24 bits per heavy atom. The lowest BCUT2D eigenvalue weighted by molar-refractivity contribution is 0.0980. The molecule has 37 heavy (non-hydrogen) atoms. The maximum absolute atomic E-state index is 12.5. The number of nitrogens with one attached hydrogen (secondary N) is 2. The number of amides is 1. The minimum atomic E-state index is -3.63. The van der Waals surface area contributed by atoms with E-state index in [-0.39, 0.29) is 0 Å². The van der Waals surface area contributed by atoms with Gasteiger partial charge in [0.25, 0.3) is 5.91 Å². The van der Waals surface area contributed by atoms with Crippen LogP contribution < -0.4 is 15.8 Å². The van der Waals surface area contributed by atoms with Gasteiger partial charge >= 0.3 is 0 Å². The number of aliphatic hydroxyl groups excluding tert-OH is 1. The summed E-state index contributed by atoms with van der Waals surface area (Å²) in [5.41, 5.74) is 11.7. The molecule has 5 N–H and O–H groups in total. The van der Waals surface area contributed by atoms with E-state index in [0.29, 0.717) is 30.1 Å². The van der Waals surface area contributed by atoms with Crippen LogP contribution in [0.2, 0.25) is 0 Å². The van der Waals surface area contributed by atoms with Crippen molar-refractivity contribution in [2.45, 2.75) is 39.2 Å². The largest absolute Gasteiger partial charge is 0.399 e. The third-order valence-electron chi connectivity index (χ3n) is 6.02. The zero-order valence-corrected chi connectivity index (χ0v) is 22.5. The molecule has 0 spiro atoms. The van der Waals surface area contributed by atoms with Gasteiger partial charge in [-0.25, -0.2) is 13.1 Å². The second-order valence-electron chi connectivity index (χ2n) is 9.86. The van der Waals surface area contributed by atoms with Gasteiger partial charge in [0.05, 0.1) is 12.4 Å². The van der Waals surface area contributed by atoms with E-state index in [4.69, 9.17) is 5.73 Å². The zero-order chi connectivity index (χ0) is 27.0. The fourth-order valence-corrected chi connectivity index (χ4v) is 4.63. The number of rotatable bonds is 12. The van der Waals surface area contributed by atoms with Gasteiger partial charge in [0.2, 0.25) is 10.0 Å². The SMILES string of the molecule is CC(C)Cc1cc(-c2ccc(CCCNC[C@H](O)c3ccc(N)cc3)cc2)ccc1C(=O)NS(C)(=O)=O. The Kier molecular flexibility index (Phi) is 9.86. The first-order valence-corrected chi connectivity index (χ1v) is 14.4. The lowest BCUT2D eigenvalue weighted by Crippen LogP contribution is -2.30. The van der Waals surface area contributed by atoms with Crippen molar-refractivity contribution in [3.63, 3.8) is 0 Å². The molecular formula is C29H37N3O4S. The number of carbonyl (C=O) groups excluding carboxylic acids is 1. The predicted molar refractivity (Wildman–Crippen MR) is 150 cm³/mol. The molecule has 1 amide bonds. The summed E-state index contributed by atoms with van der Waals surface area (Å²) in [4.78, 5) is 12.5. The molecule has 0 fully saturated rings. The van der Waals surface area contributed by atoms with E-state index in [1.807, 2.05) is 24.3 Å². The molecule has 0 unspecified atom stereocenters. The van der Waals surface area contributed by atoms with Gasteiger partial charge in [-0.3, -0.25) is 4.79 Å². The Labute approximate surface area is 220 Å². The van der Waals surface area contributed by atoms with E-state index in [1.165, 1.54) is 5.56 Å². The summed E-state index contributed by atoms with van der Waals surface area (Å²) in [5, 5.41) is 13.6. The lowest BCUT2D eigenvalue weighted by Gasteiger charge is -2.14. The monoisotopic (exact) mass is 523 g/mol. The summed E-state index contributed by atoms with van der Waals surface area (Å²) >= 11 is 0. The molecule has 3 aromatic rings. The van der Waals surface area contributed by atoms with Gasteiger partial charge in [-0.1, -0.05) is 62.4 Å². The van der Waals surface area contributed by atoms with Crippen LogP contribution in [0.15, 0.2) is 66.7 Å². The van der Waals surface area contributed by atoms with E-state index in [9.17, 15) is 18.3 Å². The summed E-state index contributed by atoms with van der Waals surface area (Å²) in [6, 6.07) is 21.1. The van der Waals surface area contributed by atoms with Gasteiger partial charge < -0.3 is 16.2 Å². The third kappa shape index (κ3) is 9.00. The Morgan fingerprint density at radius 1 is 0.973 bits per heavy atom. The molecule has 0 aromatic heterocycles. The van der Waals surface area contributed by atoms with Crippen LogP contribution in [0.25, 0.3) is 11.1 Å². The van der Waals surface area contributed by atoms with Crippen LogP contribution in [0.3, 0.4) is 0 Å². The number of benzene rings is 3. The van der Waals surface area contributed by atoms with Crippen LogP contribution in [-0.2, 0) is 22.9 Å². The Balaban J connectivity index is 1.57.